The van der Waals surface area contributed by atoms with E-state index in [4.69, 9.17) is 9.98 Å². The second-order valence-corrected chi connectivity index (χ2v) is 14.6. The molecular weight excluding hydrogens is 729 g/mol. The molecule has 8 heteroatoms. The Morgan fingerprint density at radius 1 is 0.441 bits per heavy atom. The van der Waals surface area contributed by atoms with E-state index < -0.39 is 0 Å². The SMILES string of the molecule is Cc1[nH]n(-c2ccccc2)c(=O)c1C(=NCCCN=C(c1c(C)[nH]n(-c2ccccc2)c1=O)C(c1ccccc1)c1ccccc1)C(c1ccccc1)c1ccccc1. The normalized spacial score (nSPS) is 12.1. The molecule has 0 fully saturated rings. The van der Waals surface area contributed by atoms with Gasteiger partial charge in [-0.15, -0.1) is 0 Å². The molecule has 0 radical (unpaired) electrons. The van der Waals surface area contributed by atoms with Crippen LogP contribution in [0.2, 0.25) is 0 Å². The summed E-state index contributed by atoms with van der Waals surface area (Å²) in [6.45, 7) is 4.67. The molecule has 0 aliphatic carbocycles. The van der Waals surface area contributed by atoms with Gasteiger partial charge in [0.15, 0.2) is 0 Å². The average Bonchev–Trinajstić information content (AvgIpc) is 3.76. The first-order valence-electron chi connectivity index (χ1n) is 20.0. The number of nitrogens with one attached hydrogen (secondary N) is 2. The molecule has 0 aliphatic rings. The summed E-state index contributed by atoms with van der Waals surface area (Å²) >= 11 is 0. The summed E-state index contributed by atoms with van der Waals surface area (Å²) < 4.78 is 3.19. The van der Waals surface area contributed by atoms with Gasteiger partial charge in [0.05, 0.1) is 45.8 Å². The third-order valence-corrected chi connectivity index (χ3v) is 10.6. The lowest BCUT2D eigenvalue weighted by Crippen LogP contribution is -2.26. The molecule has 0 amide bonds. The van der Waals surface area contributed by atoms with Gasteiger partial charge in [-0.05, 0) is 66.8 Å². The lowest BCUT2D eigenvalue weighted by atomic mass is 9.84. The summed E-state index contributed by atoms with van der Waals surface area (Å²) in [7, 11) is 0. The number of aromatic nitrogens is 4. The number of aryl methyl sites for hydroxylation is 2. The summed E-state index contributed by atoms with van der Waals surface area (Å²) in [6, 6.07) is 60.2. The van der Waals surface area contributed by atoms with E-state index in [-0.39, 0.29) is 23.0 Å². The molecule has 2 heterocycles. The second-order valence-electron chi connectivity index (χ2n) is 14.6. The number of nitrogens with zero attached hydrogens (tertiary/aromatic N) is 4. The first-order valence-corrected chi connectivity index (χ1v) is 20.0. The van der Waals surface area contributed by atoms with Gasteiger partial charge in [-0.2, -0.15) is 0 Å². The monoisotopic (exact) mass is 774 g/mol. The van der Waals surface area contributed by atoms with Crippen molar-refractivity contribution >= 4 is 11.4 Å². The summed E-state index contributed by atoms with van der Waals surface area (Å²) in [6.07, 6.45) is 0.576. The Morgan fingerprint density at radius 3 is 1.00 bits per heavy atom. The number of rotatable bonds is 14. The number of aliphatic imine (C=N–C) groups is 2. The molecule has 8 aromatic rings. The number of benzene rings is 6. The quantitative estimate of drug-likeness (QED) is 0.0850. The van der Waals surface area contributed by atoms with Crippen LogP contribution < -0.4 is 11.1 Å². The van der Waals surface area contributed by atoms with E-state index in [1.807, 2.05) is 147 Å². The molecule has 8 rings (SSSR count). The zero-order valence-electron chi connectivity index (χ0n) is 33.2. The zero-order chi connectivity index (χ0) is 40.6. The predicted octanol–water partition coefficient (Wildman–Crippen LogP) is 9.59. The molecule has 292 valence electrons. The van der Waals surface area contributed by atoms with Gasteiger partial charge in [-0.3, -0.25) is 29.8 Å². The Hall–Kier alpha value is -7.32. The van der Waals surface area contributed by atoms with Crippen LogP contribution in [0.4, 0.5) is 0 Å². The molecular formula is C51H46N6O2. The summed E-state index contributed by atoms with van der Waals surface area (Å²) in [5.41, 5.74) is 9.30. The van der Waals surface area contributed by atoms with Crippen LogP contribution in [0.1, 0.15) is 63.0 Å². The highest BCUT2D eigenvalue weighted by Crippen LogP contribution is 2.31. The lowest BCUT2D eigenvalue weighted by Gasteiger charge is -2.21. The van der Waals surface area contributed by atoms with Gasteiger partial charge in [-0.25, -0.2) is 9.36 Å². The summed E-state index contributed by atoms with van der Waals surface area (Å²) in [4.78, 5) is 39.5. The van der Waals surface area contributed by atoms with Gasteiger partial charge in [-0.1, -0.05) is 158 Å². The molecule has 6 aromatic carbocycles. The largest absolute Gasteiger partial charge is 0.295 e. The van der Waals surface area contributed by atoms with Gasteiger partial charge in [0.25, 0.3) is 11.1 Å². The molecule has 0 atom stereocenters. The maximum Gasteiger partial charge on any atom is 0.280 e. The number of para-hydroxylation sites is 2. The van der Waals surface area contributed by atoms with Gasteiger partial charge >= 0.3 is 0 Å². The van der Waals surface area contributed by atoms with Crippen molar-refractivity contribution in [3.63, 3.8) is 0 Å². The Bertz CT molecular complexity index is 2510. The predicted molar refractivity (Wildman–Crippen MR) is 239 cm³/mol. The highest BCUT2D eigenvalue weighted by molar-refractivity contribution is 6.08. The van der Waals surface area contributed by atoms with Crippen molar-refractivity contribution in [1.29, 1.82) is 0 Å². The third-order valence-electron chi connectivity index (χ3n) is 10.6. The van der Waals surface area contributed by atoms with Crippen LogP contribution >= 0.6 is 0 Å². The van der Waals surface area contributed by atoms with Crippen LogP contribution in [0.3, 0.4) is 0 Å². The van der Waals surface area contributed by atoms with Crippen LogP contribution in [0.25, 0.3) is 11.4 Å². The van der Waals surface area contributed by atoms with E-state index >= 15 is 0 Å². The van der Waals surface area contributed by atoms with E-state index in [0.29, 0.717) is 42.1 Å². The average molecular weight is 775 g/mol. The molecule has 59 heavy (non-hydrogen) atoms. The van der Waals surface area contributed by atoms with Gasteiger partial charge < -0.3 is 0 Å². The molecule has 0 unspecified atom stereocenters. The van der Waals surface area contributed by atoms with Crippen LogP contribution in [-0.4, -0.2) is 44.1 Å². The van der Waals surface area contributed by atoms with Crippen molar-refractivity contribution in [2.75, 3.05) is 13.1 Å². The fourth-order valence-corrected chi connectivity index (χ4v) is 7.91. The smallest absolute Gasteiger partial charge is 0.280 e. The standard InChI is InChI=1S/C51H46N6O2/c1-36-44(50(58)56(54-36)42-30-17-7-18-31-42)48(46(38-22-9-3-10-23-38)39-24-11-4-12-25-39)52-34-21-35-53-49(45-37(2)55-57(51(45)59)43-32-19-8-20-33-43)47(40-26-13-5-14-27-40)41-28-15-6-16-29-41/h3-20,22-33,46-47,54-55H,21,34-35H2,1-2H3. The Balaban J connectivity index is 1.22. The van der Waals surface area contributed by atoms with Gasteiger partial charge in [0.1, 0.15) is 0 Å². The van der Waals surface area contributed by atoms with E-state index in [2.05, 4.69) is 58.7 Å². The molecule has 2 N–H and O–H groups in total. The Kier molecular flexibility index (Phi) is 11.7. The molecule has 0 saturated heterocycles. The Morgan fingerprint density at radius 2 is 0.712 bits per heavy atom. The lowest BCUT2D eigenvalue weighted by molar-refractivity contribution is 0.831. The van der Waals surface area contributed by atoms with Gasteiger partial charge in [0, 0.05) is 24.5 Å². The first kappa shape index (κ1) is 38.5. The van der Waals surface area contributed by atoms with E-state index in [1.54, 1.807) is 9.36 Å². The van der Waals surface area contributed by atoms with E-state index in [9.17, 15) is 9.59 Å². The molecule has 8 nitrogen and oxygen atoms in total. The highest BCUT2D eigenvalue weighted by atomic mass is 16.1. The maximum absolute atomic E-state index is 14.4. The van der Waals surface area contributed by atoms with Crippen LogP contribution in [0.15, 0.2) is 202 Å². The summed E-state index contributed by atoms with van der Waals surface area (Å²) in [5, 5.41) is 6.67. The maximum atomic E-state index is 14.4. The minimum atomic E-state index is -0.303. The fourth-order valence-electron chi connectivity index (χ4n) is 7.91. The molecule has 0 bridgehead atoms. The minimum absolute atomic E-state index is 0.157. The molecule has 0 saturated carbocycles. The summed E-state index contributed by atoms with van der Waals surface area (Å²) in [5.74, 6) is -0.607. The molecule has 0 aliphatic heterocycles. The van der Waals surface area contributed by atoms with Crippen molar-refractivity contribution < 1.29 is 0 Å². The van der Waals surface area contributed by atoms with Crippen LogP contribution in [0.5, 0.6) is 0 Å². The van der Waals surface area contributed by atoms with Crippen molar-refractivity contribution in [3.05, 3.63) is 247 Å². The number of H-pyrrole nitrogens is 2. The number of hydrogen-bond acceptors (Lipinski definition) is 4. The van der Waals surface area contributed by atoms with Crippen LogP contribution in [-0.2, 0) is 0 Å². The molecule has 0 spiro atoms. The van der Waals surface area contributed by atoms with Crippen molar-refractivity contribution in [3.8, 4) is 11.4 Å². The fraction of sp³-hybridized carbons (Fsp3) is 0.137. The zero-order valence-corrected chi connectivity index (χ0v) is 33.2. The topological polar surface area (TPSA) is 100 Å². The Labute approximate surface area is 343 Å². The third kappa shape index (κ3) is 8.25. The molecule has 2 aromatic heterocycles. The van der Waals surface area contributed by atoms with E-state index in [1.165, 1.54) is 0 Å². The second kappa shape index (κ2) is 17.9. The van der Waals surface area contributed by atoms with Crippen molar-refractivity contribution in [2.45, 2.75) is 32.1 Å². The van der Waals surface area contributed by atoms with Gasteiger partial charge in [0.2, 0.25) is 0 Å². The van der Waals surface area contributed by atoms with E-state index in [0.717, 1.165) is 45.0 Å². The number of hydrogen-bond donors (Lipinski definition) is 2. The van der Waals surface area contributed by atoms with Crippen molar-refractivity contribution in [1.82, 2.24) is 19.6 Å². The minimum Gasteiger partial charge on any atom is -0.295 e. The first-order chi connectivity index (χ1) is 29.0. The number of aromatic amines is 2. The highest BCUT2D eigenvalue weighted by Gasteiger charge is 2.29. The van der Waals surface area contributed by atoms with Crippen LogP contribution in [0, 0.1) is 13.8 Å². The van der Waals surface area contributed by atoms with Crippen molar-refractivity contribution in [2.24, 2.45) is 9.98 Å².